The number of allylic oxidation sites excluding steroid dienone is 5. The summed E-state index contributed by atoms with van der Waals surface area (Å²) in [6.45, 7) is 3.83. The molecule has 0 aliphatic carbocycles. The molecule has 0 aromatic rings. The summed E-state index contributed by atoms with van der Waals surface area (Å²) in [6, 6.07) is 0. The van der Waals surface area contributed by atoms with Crippen LogP contribution in [0, 0.1) is 0 Å². The van der Waals surface area contributed by atoms with E-state index < -0.39 is 0 Å². The molecule has 1 aliphatic heterocycles. The molecule has 0 unspecified atom stereocenters. The highest BCUT2D eigenvalue weighted by Crippen LogP contribution is 2.12. The van der Waals surface area contributed by atoms with Crippen molar-refractivity contribution >= 4 is 6.09 Å². The molecular formula is C10H13NO2. The molecule has 0 N–H and O–H groups in total. The number of hydrogen-bond donors (Lipinski definition) is 0. The molecular weight excluding hydrogens is 166 g/mol. The van der Waals surface area contributed by atoms with Crippen LogP contribution in [0.25, 0.3) is 0 Å². The fraction of sp³-hybridized carbons (Fsp3) is 0.300. The van der Waals surface area contributed by atoms with Gasteiger partial charge in [0, 0.05) is 11.9 Å². The lowest BCUT2D eigenvalue weighted by molar-refractivity contribution is 0.149. The third kappa shape index (κ3) is 2.21. The summed E-state index contributed by atoms with van der Waals surface area (Å²) in [4.78, 5) is 12.7. The van der Waals surface area contributed by atoms with Gasteiger partial charge in [-0.2, -0.15) is 0 Å². The zero-order valence-electron chi connectivity index (χ0n) is 8.07. The first-order valence-corrected chi connectivity index (χ1v) is 4.05. The zero-order chi connectivity index (χ0) is 9.84. The second kappa shape index (κ2) is 3.94. The van der Waals surface area contributed by atoms with Crippen LogP contribution in [0.3, 0.4) is 0 Å². The normalized spacial score (nSPS) is 16.1. The zero-order valence-corrected chi connectivity index (χ0v) is 8.07. The van der Waals surface area contributed by atoms with E-state index in [2.05, 4.69) is 4.74 Å². The molecule has 3 heteroatoms. The van der Waals surface area contributed by atoms with Gasteiger partial charge in [0.25, 0.3) is 0 Å². The Bertz CT molecular complexity index is 300. The minimum atomic E-state index is -0.367. The van der Waals surface area contributed by atoms with E-state index in [0.29, 0.717) is 0 Å². The summed E-state index contributed by atoms with van der Waals surface area (Å²) < 4.78 is 4.62. The molecule has 3 nitrogen and oxygen atoms in total. The van der Waals surface area contributed by atoms with Gasteiger partial charge in [0.05, 0.1) is 7.11 Å². The van der Waals surface area contributed by atoms with Crippen LogP contribution in [-0.2, 0) is 4.74 Å². The molecule has 0 bridgehead atoms. The molecule has 13 heavy (non-hydrogen) atoms. The summed E-state index contributed by atoms with van der Waals surface area (Å²) in [5.74, 6) is 0. The summed E-state index contributed by atoms with van der Waals surface area (Å²) in [5.41, 5.74) is 1.95. The van der Waals surface area contributed by atoms with Crippen molar-refractivity contribution in [1.82, 2.24) is 4.90 Å². The van der Waals surface area contributed by atoms with Gasteiger partial charge in [0.2, 0.25) is 0 Å². The van der Waals surface area contributed by atoms with Crippen LogP contribution in [0.2, 0.25) is 0 Å². The fourth-order valence-corrected chi connectivity index (χ4v) is 1.00. The van der Waals surface area contributed by atoms with E-state index >= 15 is 0 Å². The standard InChI is InChI=1S/C10H13NO2/c1-8-4-5-9(2)11(7-6-8)10(12)13-3/h4-7H,1-3H3. The number of nitrogens with zero attached hydrogens (tertiary/aromatic N) is 1. The molecule has 70 valence electrons. The van der Waals surface area contributed by atoms with E-state index in [4.69, 9.17) is 0 Å². The van der Waals surface area contributed by atoms with Crippen LogP contribution < -0.4 is 0 Å². The molecule has 0 aromatic heterocycles. The topological polar surface area (TPSA) is 29.5 Å². The Balaban J connectivity index is 2.91. The lowest BCUT2D eigenvalue weighted by Crippen LogP contribution is -2.23. The molecule has 1 amide bonds. The fourth-order valence-electron chi connectivity index (χ4n) is 1.00. The summed E-state index contributed by atoms with van der Waals surface area (Å²) in [7, 11) is 1.37. The van der Waals surface area contributed by atoms with Crippen LogP contribution in [-0.4, -0.2) is 18.1 Å². The van der Waals surface area contributed by atoms with Crippen LogP contribution >= 0.6 is 0 Å². The maximum absolute atomic E-state index is 11.2. The smallest absolute Gasteiger partial charge is 0.417 e. The maximum atomic E-state index is 11.2. The van der Waals surface area contributed by atoms with Gasteiger partial charge in [-0.3, -0.25) is 4.90 Å². The molecule has 0 fully saturated rings. The SMILES string of the molecule is COC(=O)N1C=CC(C)=CC=C1C. The van der Waals surface area contributed by atoms with Crippen molar-refractivity contribution in [3.05, 3.63) is 35.7 Å². The number of carbonyl (C=O) groups is 1. The van der Waals surface area contributed by atoms with Gasteiger partial charge in [0.15, 0.2) is 0 Å². The molecule has 0 radical (unpaired) electrons. The third-order valence-corrected chi connectivity index (χ3v) is 1.83. The molecule has 1 heterocycles. The molecule has 0 aromatic carbocycles. The van der Waals surface area contributed by atoms with Gasteiger partial charge >= 0.3 is 6.09 Å². The number of rotatable bonds is 0. The predicted molar refractivity (Wildman–Crippen MR) is 50.9 cm³/mol. The van der Waals surface area contributed by atoms with Crippen molar-refractivity contribution in [2.75, 3.05) is 7.11 Å². The highest BCUT2D eigenvalue weighted by molar-refractivity contribution is 5.71. The van der Waals surface area contributed by atoms with Gasteiger partial charge in [-0.05, 0) is 31.6 Å². The molecule has 0 atom stereocenters. The largest absolute Gasteiger partial charge is 0.452 e. The Hall–Kier alpha value is -1.51. The minimum Gasteiger partial charge on any atom is -0.452 e. The number of methoxy groups -OCH3 is 1. The highest BCUT2D eigenvalue weighted by atomic mass is 16.5. The van der Waals surface area contributed by atoms with E-state index in [9.17, 15) is 4.79 Å². The van der Waals surface area contributed by atoms with E-state index in [-0.39, 0.29) is 6.09 Å². The lowest BCUT2D eigenvalue weighted by atomic mass is 10.3. The highest BCUT2D eigenvalue weighted by Gasteiger charge is 2.12. The monoisotopic (exact) mass is 179 g/mol. The summed E-state index contributed by atoms with van der Waals surface area (Å²) in [5, 5.41) is 0. The van der Waals surface area contributed by atoms with E-state index in [1.807, 2.05) is 32.1 Å². The first-order valence-electron chi connectivity index (χ1n) is 4.05. The van der Waals surface area contributed by atoms with Crippen molar-refractivity contribution in [3.63, 3.8) is 0 Å². The Morgan fingerprint density at radius 3 is 2.69 bits per heavy atom. The Morgan fingerprint density at radius 1 is 1.38 bits per heavy atom. The van der Waals surface area contributed by atoms with Gasteiger partial charge < -0.3 is 4.74 Å². The van der Waals surface area contributed by atoms with Gasteiger partial charge in [-0.25, -0.2) is 4.79 Å². The predicted octanol–water partition coefficient (Wildman–Crippen LogP) is 2.43. The van der Waals surface area contributed by atoms with Crippen LogP contribution in [0.4, 0.5) is 4.79 Å². The van der Waals surface area contributed by atoms with Gasteiger partial charge in [-0.1, -0.05) is 6.08 Å². The second-order valence-corrected chi connectivity index (χ2v) is 2.87. The average Bonchev–Trinajstić information content (AvgIpc) is 2.28. The van der Waals surface area contributed by atoms with Gasteiger partial charge in [0.1, 0.15) is 0 Å². The van der Waals surface area contributed by atoms with Crippen molar-refractivity contribution in [3.8, 4) is 0 Å². The Kier molecular flexibility index (Phi) is 2.90. The first-order chi connectivity index (χ1) is 6.15. The van der Waals surface area contributed by atoms with E-state index in [1.54, 1.807) is 6.20 Å². The average molecular weight is 179 g/mol. The van der Waals surface area contributed by atoms with Gasteiger partial charge in [-0.15, -0.1) is 0 Å². The second-order valence-electron chi connectivity index (χ2n) is 2.87. The molecule has 0 spiro atoms. The minimum absolute atomic E-state index is 0.367. The Morgan fingerprint density at radius 2 is 2.08 bits per heavy atom. The van der Waals surface area contributed by atoms with Crippen molar-refractivity contribution in [2.24, 2.45) is 0 Å². The number of hydrogen-bond acceptors (Lipinski definition) is 2. The number of amides is 1. The van der Waals surface area contributed by atoms with Crippen LogP contribution in [0.5, 0.6) is 0 Å². The lowest BCUT2D eigenvalue weighted by Gasteiger charge is -2.15. The molecule has 0 saturated carbocycles. The van der Waals surface area contributed by atoms with E-state index in [1.165, 1.54) is 12.0 Å². The maximum Gasteiger partial charge on any atom is 0.417 e. The van der Waals surface area contributed by atoms with Crippen molar-refractivity contribution < 1.29 is 9.53 Å². The summed E-state index contributed by atoms with van der Waals surface area (Å²) >= 11 is 0. The van der Waals surface area contributed by atoms with E-state index in [0.717, 1.165) is 11.3 Å². The number of ether oxygens (including phenoxy) is 1. The number of carbonyl (C=O) groups excluding carboxylic acids is 1. The molecule has 0 saturated heterocycles. The first kappa shape index (κ1) is 9.58. The molecule has 1 aliphatic rings. The van der Waals surface area contributed by atoms with Crippen LogP contribution in [0.1, 0.15) is 13.8 Å². The molecule has 1 rings (SSSR count). The van der Waals surface area contributed by atoms with Crippen molar-refractivity contribution in [1.29, 1.82) is 0 Å². The Labute approximate surface area is 78.0 Å². The summed E-state index contributed by atoms with van der Waals surface area (Å²) in [6.07, 6.45) is 7.04. The quantitative estimate of drug-likeness (QED) is 0.571. The van der Waals surface area contributed by atoms with Crippen molar-refractivity contribution in [2.45, 2.75) is 13.8 Å². The third-order valence-electron chi connectivity index (χ3n) is 1.83. The van der Waals surface area contributed by atoms with Crippen LogP contribution in [0.15, 0.2) is 35.7 Å².